The Morgan fingerprint density at radius 2 is 1.84 bits per heavy atom. The number of unbranched alkanes of at least 4 members (excludes halogenated alkanes) is 1. The largest absolute Gasteiger partial charge is 0.379 e. The second-order valence-corrected chi connectivity index (χ2v) is 4.57. The molecular weight excluding hydrogens is 355 g/mol. The predicted octanol–water partition coefficient (Wildman–Crippen LogP) is 1.37. The van der Waals surface area contributed by atoms with Crippen LogP contribution < -0.4 is 5.73 Å². The standard InChI is InChI=1S/C13H28N4O.HI/c1-3-17(4-2)13(14)15-7-5-6-8-16-9-11-18-12-10-16;/h3-12H2,1-2H3,(H2,14,15);1H. The van der Waals surface area contributed by atoms with Crippen LogP contribution in [0.2, 0.25) is 0 Å². The van der Waals surface area contributed by atoms with Gasteiger partial charge in [0.2, 0.25) is 0 Å². The smallest absolute Gasteiger partial charge is 0.191 e. The lowest BCUT2D eigenvalue weighted by atomic mass is 10.3. The lowest BCUT2D eigenvalue weighted by molar-refractivity contribution is 0.0373. The van der Waals surface area contributed by atoms with Crippen LogP contribution in [0, 0.1) is 0 Å². The Bertz CT molecular complexity index is 241. The van der Waals surface area contributed by atoms with Gasteiger partial charge >= 0.3 is 0 Å². The molecule has 0 amide bonds. The van der Waals surface area contributed by atoms with Gasteiger partial charge in [-0.05, 0) is 33.2 Å². The van der Waals surface area contributed by atoms with Gasteiger partial charge in [0, 0.05) is 32.7 Å². The van der Waals surface area contributed by atoms with Gasteiger partial charge in [0.1, 0.15) is 0 Å². The summed E-state index contributed by atoms with van der Waals surface area (Å²) in [6.45, 7) is 12.0. The number of aliphatic imine (C=N–C) groups is 1. The molecule has 0 atom stereocenters. The Morgan fingerprint density at radius 3 is 2.42 bits per heavy atom. The van der Waals surface area contributed by atoms with Crippen molar-refractivity contribution in [2.24, 2.45) is 10.7 Å². The summed E-state index contributed by atoms with van der Waals surface area (Å²) >= 11 is 0. The first-order valence-corrected chi connectivity index (χ1v) is 7.12. The summed E-state index contributed by atoms with van der Waals surface area (Å²) in [5.41, 5.74) is 5.91. The minimum Gasteiger partial charge on any atom is -0.379 e. The van der Waals surface area contributed by atoms with Crippen molar-refractivity contribution < 1.29 is 4.74 Å². The molecule has 1 aliphatic rings. The number of halogens is 1. The number of guanidine groups is 1. The lowest BCUT2D eigenvalue weighted by Crippen LogP contribution is -2.37. The van der Waals surface area contributed by atoms with Gasteiger partial charge in [-0.15, -0.1) is 24.0 Å². The first kappa shape index (κ1) is 18.9. The van der Waals surface area contributed by atoms with E-state index in [-0.39, 0.29) is 24.0 Å². The van der Waals surface area contributed by atoms with Crippen LogP contribution in [0.1, 0.15) is 26.7 Å². The van der Waals surface area contributed by atoms with Crippen molar-refractivity contribution >= 4 is 29.9 Å². The van der Waals surface area contributed by atoms with E-state index >= 15 is 0 Å². The Morgan fingerprint density at radius 1 is 1.21 bits per heavy atom. The van der Waals surface area contributed by atoms with Crippen molar-refractivity contribution in [3.63, 3.8) is 0 Å². The van der Waals surface area contributed by atoms with Gasteiger partial charge in [-0.3, -0.25) is 9.89 Å². The summed E-state index contributed by atoms with van der Waals surface area (Å²) in [5.74, 6) is 0.686. The highest BCUT2D eigenvalue weighted by molar-refractivity contribution is 14.0. The van der Waals surface area contributed by atoms with Crippen LogP contribution in [0.4, 0.5) is 0 Å². The Labute approximate surface area is 134 Å². The monoisotopic (exact) mass is 384 g/mol. The fraction of sp³-hybridized carbons (Fsp3) is 0.923. The molecule has 1 heterocycles. The van der Waals surface area contributed by atoms with E-state index in [1.807, 2.05) is 0 Å². The summed E-state index contributed by atoms with van der Waals surface area (Å²) in [5, 5.41) is 0. The molecule has 6 heteroatoms. The van der Waals surface area contributed by atoms with Crippen LogP contribution in [0.3, 0.4) is 0 Å². The van der Waals surface area contributed by atoms with Crippen molar-refractivity contribution in [3.8, 4) is 0 Å². The van der Waals surface area contributed by atoms with Crippen LogP contribution in [0.5, 0.6) is 0 Å². The molecule has 1 saturated heterocycles. The minimum absolute atomic E-state index is 0. The summed E-state index contributed by atoms with van der Waals surface area (Å²) in [7, 11) is 0. The van der Waals surface area contributed by atoms with Crippen molar-refractivity contribution in [1.29, 1.82) is 0 Å². The first-order valence-electron chi connectivity index (χ1n) is 7.12. The normalized spacial score (nSPS) is 17.1. The molecule has 0 aromatic rings. The average molecular weight is 384 g/mol. The maximum Gasteiger partial charge on any atom is 0.191 e. The number of nitrogens with two attached hydrogens (primary N) is 1. The number of rotatable bonds is 7. The maximum atomic E-state index is 5.91. The van der Waals surface area contributed by atoms with Crippen LogP contribution in [0.15, 0.2) is 4.99 Å². The zero-order chi connectivity index (χ0) is 13.2. The molecule has 19 heavy (non-hydrogen) atoms. The van der Waals surface area contributed by atoms with Crippen molar-refractivity contribution in [2.45, 2.75) is 26.7 Å². The molecule has 0 aromatic heterocycles. The van der Waals surface area contributed by atoms with E-state index in [1.165, 1.54) is 6.42 Å². The fourth-order valence-corrected chi connectivity index (χ4v) is 2.11. The van der Waals surface area contributed by atoms with Crippen LogP contribution in [-0.2, 0) is 4.74 Å². The number of hydrogen-bond acceptors (Lipinski definition) is 3. The quantitative estimate of drug-likeness (QED) is 0.312. The molecule has 0 aliphatic carbocycles. The molecule has 1 rings (SSSR count). The molecule has 2 N–H and O–H groups in total. The molecule has 1 fully saturated rings. The van der Waals surface area contributed by atoms with E-state index in [1.54, 1.807) is 0 Å². The van der Waals surface area contributed by atoms with E-state index < -0.39 is 0 Å². The van der Waals surface area contributed by atoms with Crippen LogP contribution in [0.25, 0.3) is 0 Å². The molecule has 0 radical (unpaired) electrons. The number of ether oxygens (including phenoxy) is 1. The third-order valence-electron chi connectivity index (χ3n) is 3.35. The van der Waals surface area contributed by atoms with E-state index in [0.717, 1.165) is 58.9 Å². The van der Waals surface area contributed by atoms with Crippen LogP contribution in [-0.4, -0.2) is 68.2 Å². The molecule has 0 unspecified atom stereocenters. The molecule has 114 valence electrons. The summed E-state index contributed by atoms with van der Waals surface area (Å²) in [6.07, 6.45) is 2.30. The van der Waals surface area contributed by atoms with Crippen molar-refractivity contribution in [3.05, 3.63) is 0 Å². The third kappa shape index (κ3) is 7.94. The highest BCUT2D eigenvalue weighted by atomic mass is 127. The van der Waals surface area contributed by atoms with E-state index in [4.69, 9.17) is 10.5 Å². The first-order chi connectivity index (χ1) is 8.77. The van der Waals surface area contributed by atoms with Gasteiger partial charge in [-0.2, -0.15) is 0 Å². The zero-order valence-electron chi connectivity index (χ0n) is 12.3. The van der Waals surface area contributed by atoms with Gasteiger partial charge in [0.15, 0.2) is 5.96 Å². The number of nitrogens with zero attached hydrogens (tertiary/aromatic N) is 3. The SMILES string of the molecule is CCN(CC)C(N)=NCCCCN1CCOCC1.I. The Balaban J connectivity index is 0.00000324. The molecule has 1 aliphatic heterocycles. The van der Waals surface area contributed by atoms with Crippen molar-refractivity contribution in [2.75, 3.05) is 52.5 Å². The zero-order valence-corrected chi connectivity index (χ0v) is 14.6. The topological polar surface area (TPSA) is 54.1 Å². The summed E-state index contributed by atoms with van der Waals surface area (Å²) in [4.78, 5) is 8.97. The fourth-order valence-electron chi connectivity index (χ4n) is 2.11. The lowest BCUT2D eigenvalue weighted by Gasteiger charge is -2.26. The highest BCUT2D eigenvalue weighted by Gasteiger charge is 2.08. The summed E-state index contributed by atoms with van der Waals surface area (Å²) < 4.78 is 5.32. The molecule has 0 aromatic carbocycles. The molecular formula is C13H29IN4O. The highest BCUT2D eigenvalue weighted by Crippen LogP contribution is 2.00. The van der Waals surface area contributed by atoms with Crippen molar-refractivity contribution in [1.82, 2.24) is 9.80 Å². The van der Waals surface area contributed by atoms with Crippen LogP contribution >= 0.6 is 24.0 Å². The van der Waals surface area contributed by atoms with Gasteiger partial charge in [-0.25, -0.2) is 0 Å². The Hall–Kier alpha value is -0.0800. The van der Waals surface area contributed by atoms with Gasteiger partial charge in [0.25, 0.3) is 0 Å². The van der Waals surface area contributed by atoms with Gasteiger partial charge in [-0.1, -0.05) is 0 Å². The molecule has 0 bridgehead atoms. The summed E-state index contributed by atoms with van der Waals surface area (Å²) in [6, 6.07) is 0. The molecule has 0 spiro atoms. The number of morpholine rings is 1. The van der Waals surface area contributed by atoms with Gasteiger partial charge < -0.3 is 15.4 Å². The van der Waals surface area contributed by atoms with E-state index in [9.17, 15) is 0 Å². The Kier molecular flexibility index (Phi) is 11.7. The average Bonchev–Trinajstić information content (AvgIpc) is 2.41. The van der Waals surface area contributed by atoms with E-state index in [0.29, 0.717) is 5.96 Å². The minimum atomic E-state index is 0. The maximum absolute atomic E-state index is 5.91. The molecule has 5 nitrogen and oxygen atoms in total. The molecule has 0 saturated carbocycles. The third-order valence-corrected chi connectivity index (χ3v) is 3.35. The second kappa shape index (κ2) is 11.7. The van der Waals surface area contributed by atoms with E-state index in [2.05, 4.69) is 28.6 Å². The number of hydrogen-bond donors (Lipinski definition) is 1. The second-order valence-electron chi connectivity index (χ2n) is 4.57. The van der Waals surface area contributed by atoms with Gasteiger partial charge in [0.05, 0.1) is 13.2 Å². The predicted molar refractivity (Wildman–Crippen MR) is 91.3 cm³/mol.